The van der Waals surface area contributed by atoms with Gasteiger partial charge in [-0.2, -0.15) is 10.5 Å². The van der Waals surface area contributed by atoms with Crippen LogP contribution in [0.4, 0.5) is 0 Å². The minimum atomic E-state index is 0. The Kier molecular flexibility index (Phi) is 43.2. The van der Waals surface area contributed by atoms with Crippen LogP contribution in [-0.4, -0.2) is 51.4 Å². The maximum absolute atomic E-state index is 7.26. The van der Waals surface area contributed by atoms with Crippen LogP contribution in [0.15, 0.2) is 0 Å². The van der Waals surface area contributed by atoms with Gasteiger partial charge in [-0.3, -0.25) is 0 Å². The van der Waals surface area contributed by atoms with E-state index in [0.717, 1.165) is 0 Å². The molecule has 0 N–H and O–H groups in total. The molecular formula is C2KN2Ni. The zero-order valence-electron chi connectivity index (χ0n) is 3.21. The molecule has 0 fully saturated rings. The van der Waals surface area contributed by atoms with Crippen molar-refractivity contribution in [1.82, 2.24) is 0 Å². The summed E-state index contributed by atoms with van der Waals surface area (Å²) in [6.07, 6.45) is 0. The normalized spacial score (nSPS) is 1.67. The summed E-state index contributed by atoms with van der Waals surface area (Å²) in [4.78, 5) is 0. The van der Waals surface area contributed by atoms with E-state index in [0.29, 0.717) is 0 Å². The molecular weight excluding hydrogens is 150 g/mol. The molecule has 29 valence electrons. The molecule has 2 nitrogen and oxygen atoms in total. The van der Waals surface area contributed by atoms with Gasteiger partial charge < -0.3 is 0 Å². The average Bonchev–Trinajstić information content (AvgIpc) is 1.37. The van der Waals surface area contributed by atoms with Gasteiger partial charge in [-0.1, -0.05) is 0 Å². The van der Waals surface area contributed by atoms with E-state index in [4.69, 9.17) is 10.5 Å². The van der Waals surface area contributed by atoms with Crippen LogP contribution < -0.4 is 0 Å². The van der Waals surface area contributed by atoms with Crippen LogP contribution in [0, 0.1) is 22.7 Å². The molecule has 0 amide bonds. The van der Waals surface area contributed by atoms with Crippen molar-refractivity contribution in [3.05, 3.63) is 0 Å². The summed E-state index contributed by atoms with van der Waals surface area (Å²) in [6.45, 7) is 0. The molecule has 0 aromatic rings. The Morgan fingerprint density at radius 1 is 1.00 bits per heavy atom. The van der Waals surface area contributed by atoms with Crippen LogP contribution >= 0.6 is 0 Å². The van der Waals surface area contributed by atoms with E-state index < -0.39 is 0 Å². The molecule has 0 aromatic carbocycles. The second kappa shape index (κ2) is 16.5. The Morgan fingerprint density at radius 3 is 1.17 bits per heavy atom. The van der Waals surface area contributed by atoms with E-state index in [1.807, 2.05) is 0 Å². The number of nitrogens with zero attached hydrogens (tertiary/aromatic N) is 2. The van der Waals surface area contributed by atoms with Crippen molar-refractivity contribution in [3.63, 3.8) is 0 Å². The fourth-order valence-electron chi connectivity index (χ4n) is 0. The summed E-state index contributed by atoms with van der Waals surface area (Å²) in [5.74, 6) is 0. The van der Waals surface area contributed by atoms with Crippen LogP contribution in [0.1, 0.15) is 0 Å². The second-order valence-corrected chi connectivity index (χ2v) is 0.224. The van der Waals surface area contributed by atoms with Crippen molar-refractivity contribution in [1.29, 1.82) is 10.5 Å². The van der Waals surface area contributed by atoms with Crippen molar-refractivity contribution in [2.75, 3.05) is 0 Å². The summed E-state index contributed by atoms with van der Waals surface area (Å²) < 4.78 is 0. The van der Waals surface area contributed by atoms with Gasteiger partial charge in [0.05, 0.1) is 0 Å². The molecule has 6 heavy (non-hydrogen) atoms. The predicted molar refractivity (Wildman–Crippen MR) is 17.0 cm³/mol. The third kappa shape index (κ3) is 19.4. The van der Waals surface area contributed by atoms with Crippen molar-refractivity contribution in [2.45, 2.75) is 0 Å². The third-order valence-corrected chi connectivity index (χ3v) is 0.0500. The smallest absolute Gasteiger partial charge is 0.181 e. The fourth-order valence-corrected chi connectivity index (χ4v) is 0. The van der Waals surface area contributed by atoms with E-state index in [-0.39, 0.29) is 67.9 Å². The zero-order chi connectivity index (χ0) is 3.41. The molecule has 0 aliphatic heterocycles. The van der Waals surface area contributed by atoms with Gasteiger partial charge in [0.15, 0.2) is 12.1 Å². The standard InChI is InChI=1S/C2N2.K.Ni/c3-1-2-4;;. The van der Waals surface area contributed by atoms with Gasteiger partial charge in [-0.15, -0.1) is 0 Å². The average molecular weight is 150 g/mol. The summed E-state index contributed by atoms with van der Waals surface area (Å²) >= 11 is 0. The van der Waals surface area contributed by atoms with E-state index in [9.17, 15) is 0 Å². The van der Waals surface area contributed by atoms with Gasteiger partial charge in [0.2, 0.25) is 0 Å². The van der Waals surface area contributed by atoms with Gasteiger partial charge in [0.25, 0.3) is 0 Å². The van der Waals surface area contributed by atoms with Crippen molar-refractivity contribution >= 4 is 51.4 Å². The quantitative estimate of drug-likeness (QED) is 0.443. The Hall–Kier alpha value is 1.11. The first-order chi connectivity index (χ1) is 1.91. The maximum Gasteiger partial charge on any atom is 0.181 e. The van der Waals surface area contributed by atoms with Crippen LogP contribution in [0.3, 0.4) is 0 Å². The van der Waals surface area contributed by atoms with Crippen molar-refractivity contribution in [2.24, 2.45) is 0 Å². The first-order valence-electron chi connectivity index (χ1n) is 0.697. The molecule has 0 aliphatic rings. The summed E-state index contributed by atoms with van der Waals surface area (Å²) in [7, 11) is 0. The largest absolute Gasteiger partial charge is 0.181 e. The van der Waals surface area contributed by atoms with Gasteiger partial charge in [-0.25, -0.2) is 0 Å². The van der Waals surface area contributed by atoms with E-state index in [1.165, 1.54) is 12.1 Å². The van der Waals surface area contributed by atoms with Crippen LogP contribution in [0.25, 0.3) is 0 Å². The summed E-state index contributed by atoms with van der Waals surface area (Å²) in [5.41, 5.74) is 0. The molecule has 0 aliphatic carbocycles. The Bertz CT molecular complexity index is 66.5. The molecule has 0 heterocycles. The van der Waals surface area contributed by atoms with Crippen LogP contribution in [0.2, 0.25) is 0 Å². The monoisotopic (exact) mass is 149 g/mol. The minimum absolute atomic E-state index is 0. The molecule has 0 rings (SSSR count). The Balaban J connectivity index is -0.0000000450. The molecule has 0 atom stereocenters. The van der Waals surface area contributed by atoms with E-state index >= 15 is 0 Å². The molecule has 0 saturated carbocycles. The maximum atomic E-state index is 7.26. The van der Waals surface area contributed by atoms with Crippen molar-refractivity contribution < 1.29 is 16.5 Å². The van der Waals surface area contributed by atoms with Gasteiger partial charge in [0, 0.05) is 67.9 Å². The van der Waals surface area contributed by atoms with E-state index in [2.05, 4.69) is 0 Å². The minimum Gasteiger partial charge on any atom is -0.181 e. The number of hydrogen-bond donors (Lipinski definition) is 0. The van der Waals surface area contributed by atoms with Gasteiger partial charge >= 0.3 is 0 Å². The third-order valence-electron chi connectivity index (χ3n) is 0.0500. The van der Waals surface area contributed by atoms with Crippen molar-refractivity contribution in [3.8, 4) is 12.1 Å². The molecule has 0 saturated heterocycles. The Morgan fingerprint density at radius 2 is 1.17 bits per heavy atom. The second-order valence-electron chi connectivity index (χ2n) is 0.224. The predicted octanol–water partition coefficient (Wildman–Crippen LogP) is -0.350. The topological polar surface area (TPSA) is 47.6 Å². The molecule has 1 radical (unpaired) electrons. The zero-order valence-corrected chi connectivity index (χ0v) is 7.32. The molecule has 0 spiro atoms. The van der Waals surface area contributed by atoms with Crippen LogP contribution in [0.5, 0.6) is 0 Å². The fraction of sp³-hybridized carbons (Fsp3) is 0. The van der Waals surface area contributed by atoms with Crippen LogP contribution in [-0.2, 0) is 16.5 Å². The molecule has 0 aromatic heterocycles. The Labute approximate surface area is 88.9 Å². The SMILES string of the molecule is N#CC#N.[K].[Ni]. The first-order valence-corrected chi connectivity index (χ1v) is 0.697. The number of nitriles is 2. The van der Waals surface area contributed by atoms with E-state index in [1.54, 1.807) is 0 Å². The molecule has 0 unspecified atom stereocenters. The van der Waals surface area contributed by atoms with Gasteiger partial charge in [-0.05, 0) is 0 Å². The summed E-state index contributed by atoms with van der Waals surface area (Å²) in [5, 5.41) is 14.5. The molecule has 0 bridgehead atoms. The first kappa shape index (κ1) is 15.7. The van der Waals surface area contributed by atoms with Gasteiger partial charge in [0.1, 0.15) is 0 Å². The molecule has 4 heteroatoms. The number of rotatable bonds is 0. The number of hydrogen-bond acceptors (Lipinski definition) is 2. The summed E-state index contributed by atoms with van der Waals surface area (Å²) in [6, 6.07) is 2.47.